The van der Waals surface area contributed by atoms with E-state index in [0.717, 1.165) is 5.69 Å². The van der Waals surface area contributed by atoms with Crippen molar-refractivity contribution in [1.82, 2.24) is 4.98 Å². The maximum Gasteiger partial charge on any atom is 0.230 e. The molecular weight excluding hydrogens is 275 g/mol. The topological polar surface area (TPSA) is 42.0 Å². The second-order valence-corrected chi connectivity index (χ2v) is 4.76. The fourth-order valence-corrected chi connectivity index (χ4v) is 2.38. The number of carbonyl (C=O) groups is 1. The minimum atomic E-state index is -0.348. The zero-order valence-electron chi connectivity index (χ0n) is 9.32. The summed E-state index contributed by atoms with van der Waals surface area (Å²) in [5, 5.41) is 4.94. The normalized spacial score (nSPS) is 10.3. The lowest BCUT2D eigenvalue weighted by molar-refractivity contribution is -0.115. The van der Waals surface area contributed by atoms with Crippen molar-refractivity contribution < 1.29 is 9.18 Å². The highest BCUT2D eigenvalue weighted by atomic mass is 35.5. The van der Waals surface area contributed by atoms with Crippen molar-refractivity contribution in [2.45, 2.75) is 12.3 Å². The van der Waals surface area contributed by atoms with Gasteiger partial charge in [-0.3, -0.25) is 4.79 Å². The Morgan fingerprint density at radius 3 is 3.00 bits per heavy atom. The Hall–Kier alpha value is -1.46. The molecule has 2 rings (SSSR count). The van der Waals surface area contributed by atoms with Crippen LogP contribution < -0.4 is 5.32 Å². The highest BCUT2D eigenvalue weighted by Crippen LogP contribution is 2.17. The lowest BCUT2D eigenvalue weighted by Crippen LogP contribution is -2.14. The molecule has 1 aromatic heterocycles. The van der Waals surface area contributed by atoms with Crippen molar-refractivity contribution in [1.29, 1.82) is 0 Å². The lowest BCUT2D eigenvalue weighted by atomic mass is 10.1. The Morgan fingerprint density at radius 2 is 2.33 bits per heavy atom. The summed E-state index contributed by atoms with van der Waals surface area (Å²) in [6, 6.07) is 5.96. The van der Waals surface area contributed by atoms with E-state index < -0.39 is 0 Å². The van der Waals surface area contributed by atoms with Crippen molar-refractivity contribution >= 4 is 34.0 Å². The van der Waals surface area contributed by atoms with Gasteiger partial charge in [0, 0.05) is 5.38 Å². The van der Waals surface area contributed by atoms with Gasteiger partial charge >= 0.3 is 0 Å². The SMILES string of the molecule is O=C(Cc1cccc(F)c1)Nc1nc(CCl)cs1. The van der Waals surface area contributed by atoms with Crippen molar-refractivity contribution in [3.63, 3.8) is 0 Å². The number of nitrogens with one attached hydrogen (secondary N) is 1. The van der Waals surface area contributed by atoms with Gasteiger partial charge in [-0.1, -0.05) is 12.1 Å². The van der Waals surface area contributed by atoms with E-state index in [2.05, 4.69) is 10.3 Å². The zero-order chi connectivity index (χ0) is 13.0. The first-order valence-corrected chi connectivity index (χ1v) is 6.63. The predicted molar refractivity (Wildman–Crippen MR) is 70.4 cm³/mol. The summed E-state index contributed by atoms with van der Waals surface area (Å²) in [6.45, 7) is 0. The average molecular weight is 285 g/mol. The van der Waals surface area contributed by atoms with E-state index in [0.29, 0.717) is 16.6 Å². The molecule has 18 heavy (non-hydrogen) atoms. The van der Waals surface area contributed by atoms with Gasteiger partial charge in [0.1, 0.15) is 5.82 Å². The molecule has 0 aliphatic rings. The summed E-state index contributed by atoms with van der Waals surface area (Å²) >= 11 is 6.93. The van der Waals surface area contributed by atoms with Crippen molar-refractivity contribution in [2.24, 2.45) is 0 Å². The molecule has 0 unspecified atom stereocenters. The molecule has 0 bridgehead atoms. The minimum absolute atomic E-state index is 0.119. The first kappa shape index (κ1) is 13.0. The summed E-state index contributed by atoms with van der Waals surface area (Å²) in [6.07, 6.45) is 0.119. The molecular formula is C12H10ClFN2OS. The van der Waals surface area contributed by atoms with Crippen LogP contribution in [0.25, 0.3) is 0 Å². The number of alkyl halides is 1. The summed E-state index contributed by atoms with van der Waals surface area (Å²) in [5.41, 5.74) is 1.35. The highest BCUT2D eigenvalue weighted by Gasteiger charge is 2.07. The maximum atomic E-state index is 12.9. The summed E-state index contributed by atoms with van der Waals surface area (Å²) in [7, 11) is 0. The third kappa shape index (κ3) is 3.51. The van der Waals surface area contributed by atoms with E-state index in [1.165, 1.54) is 23.5 Å². The van der Waals surface area contributed by atoms with Gasteiger partial charge in [0.05, 0.1) is 18.0 Å². The van der Waals surface area contributed by atoms with Crippen LogP contribution in [0.15, 0.2) is 29.6 Å². The summed E-state index contributed by atoms with van der Waals surface area (Å²) < 4.78 is 12.9. The monoisotopic (exact) mass is 284 g/mol. The van der Waals surface area contributed by atoms with E-state index in [1.54, 1.807) is 17.5 Å². The predicted octanol–water partition coefficient (Wildman–Crippen LogP) is 3.20. The standard InChI is InChI=1S/C12H10ClFN2OS/c13-6-10-7-18-12(15-10)16-11(17)5-8-2-1-3-9(14)4-8/h1-4,7H,5-6H2,(H,15,16,17). The maximum absolute atomic E-state index is 12.9. The number of anilines is 1. The number of hydrogen-bond acceptors (Lipinski definition) is 3. The van der Waals surface area contributed by atoms with E-state index in [-0.39, 0.29) is 18.1 Å². The fraction of sp³-hybridized carbons (Fsp3) is 0.167. The van der Waals surface area contributed by atoms with Crippen LogP contribution in [0.4, 0.5) is 9.52 Å². The lowest BCUT2D eigenvalue weighted by Gasteiger charge is -2.02. The molecule has 3 nitrogen and oxygen atoms in total. The molecule has 1 heterocycles. The molecule has 1 N–H and O–H groups in total. The fourth-order valence-electron chi connectivity index (χ4n) is 1.42. The largest absolute Gasteiger partial charge is 0.302 e. The van der Waals surface area contributed by atoms with Gasteiger partial charge in [-0.15, -0.1) is 22.9 Å². The Kier molecular flexibility index (Phi) is 4.28. The van der Waals surface area contributed by atoms with E-state index >= 15 is 0 Å². The number of amides is 1. The highest BCUT2D eigenvalue weighted by molar-refractivity contribution is 7.13. The molecule has 6 heteroatoms. The Labute approximate surface area is 113 Å². The number of rotatable bonds is 4. The van der Waals surface area contributed by atoms with Crippen LogP contribution >= 0.6 is 22.9 Å². The van der Waals surface area contributed by atoms with Gasteiger partial charge in [0.25, 0.3) is 0 Å². The van der Waals surface area contributed by atoms with Crippen molar-refractivity contribution in [3.8, 4) is 0 Å². The van der Waals surface area contributed by atoms with Crippen LogP contribution in [-0.4, -0.2) is 10.9 Å². The number of aromatic nitrogens is 1. The van der Waals surface area contributed by atoms with E-state index in [9.17, 15) is 9.18 Å². The number of hydrogen-bond donors (Lipinski definition) is 1. The van der Waals surface area contributed by atoms with Crippen LogP contribution in [0.2, 0.25) is 0 Å². The molecule has 0 fully saturated rings. The van der Waals surface area contributed by atoms with Gasteiger partial charge in [0.15, 0.2) is 5.13 Å². The van der Waals surface area contributed by atoms with Gasteiger partial charge in [-0.2, -0.15) is 0 Å². The number of thiazole rings is 1. The Morgan fingerprint density at radius 1 is 1.50 bits per heavy atom. The second kappa shape index (κ2) is 5.93. The third-order valence-electron chi connectivity index (χ3n) is 2.19. The Balaban J connectivity index is 1.96. The molecule has 0 aliphatic heterocycles. The zero-order valence-corrected chi connectivity index (χ0v) is 10.9. The van der Waals surface area contributed by atoms with Crippen LogP contribution in [0, 0.1) is 5.82 Å². The average Bonchev–Trinajstić information content (AvgIpc) is 2.76. The van der Waals surface area contributed by atoms with E-state index in [4.69, 9.17) is 11.6 Å². The molecule has 0 radical (unpaired) electrons. The second-order valence-electron chi connectivity index (χ2n) is 3.63. The molecule has 1 amide bonds. The number of halogens is 2. The quantitative estimate of drug-likeness (QED) is 0.876. The first-order valence-electron chi connectivity index (χ1n) is 5.22. The van der Waals surface area contributed by atoms with Gasteiger partial charge in [0.2, 0.25) is 5.91 Å². The van der Waals surface area contributed by atoms with E-state index in [1.807, 2.05) is 0 Å². The molecule has 0 saturated heterocycles. The van der Waals surface area contributed by atoms with Crippen molar-refractivity contribution in [2.75, 3.05) is 5.32 Å². The molecule has 94 valence electrons. The molecule has 1 aromatic carbocycles. The molecule has 0 aliphatic carbocycles. The third-order valence-corrected chi connectivity index (χ3v) is 3.27. The minimum Gasteiger partial charge on any atom is -0.302 e. The van der Waals surface area contributed by atoms with Crippen LogP contribution in [-0.2, 0) is 17.1 Å². The smallest absolute Gasteiger partial charge is 0.230 e. The summed E-state index contributed by atoms with van der Waals surface area (Å²) in [5.74, 6) is -0.258. The number of benzene rings is 1. The summed E-state index contributed by atoms with van der Waals surface area (Å²) in [4.78, 5) is 15.8. The number of carbonyl (C=O) groups excluding carboxylic acids is 1. The van der Waals surface area contributed by atoms with Crippen LogP contribution in [0.3, 0.4) is 0 Å². The molecule has 2 aromatic rings. The van der Waals surface area contributed by atoms with Crippen LogP contribution in [0.5, 0.6) is 0 Å². The number of nitrogens with zero attached hydrogens (tertiary/aromatic N) is 1. The Bertz CT molecular complexity index is 559. The van der Waals surface area contributed by atoms with Crippen molar-refractivity contribution in [3.05, 3.63) is 46.7 Å². The first-order chi connectivity index (χ1) is 8.67. The van der Waals surface area contributed by atoms with Gasteiger partial charge < -0.3 is 5.32 Å². The molecule has 0 spiro atoms. The molecule has 0 atom stereocenters. The van der Waals surface area contributed by atoms with Gasteiger partial charge in [-0.25, -0.2) is 9.37 Å². The molecule has 0 saturated carbocycles. The van der Waals surface area contributed by atoms with Gasteiger partial charge in [-0.05, 0) is 17.7 Å². The van der Waals surface area contributed by atoms with Crippen LogP contribution in [0.1, 0.15) is 11.3 Å².